The number of aromatic nitrogens is 1. The van der Waals surface area contributed by atoms with Crippen molar-refractivity contribution in [3.63, 3.8) is 0 Å². The molecule has 0 aliphatic heterocycles. The Labute approximate surface area is 92.5 Å². The molecule has 0 saturated heterocycles. The first-order valence-corrected chi connectivity index (χ1v) is 5.25. The van der Waals surface area contributed by atoms with Crippen LogP contribution in [0.2, 0.25) is 0 Å². The van der Waals surface area contributed by atoms with Crippen molar-refractivity contribution in [2.45, 2.75) is 6.42 Å². The number of nitrogen functional groups attached to an aromatic ring is 1. The minimum absolute atomic E-state index is 0.564. The number of nitrogens with one attached hydrogen (secondary N) is 1. The van der Waals surface area contributed by atoms with Gasteiger partial charge < -0.3 is 11.1 Å². The molecule has 0 bridgehead atoms. The lowest BCUT2D eigenvalue weighted by molar-refractivity contribution is 0.809. The molecule has 0 radical (unpaired) electrons. The van der Waals surface area contributed by atoms with Crippen molar-refractivity contribution in [2.24, 2.45) is 0 Å². The molecule has 0 amide bonds. The van der Waals surface area contributed by atoms with Gasteiger partial charge in [-0.1, -0.05) is 12.2 Å². The molecule has 76 valence electrons. The summed E-state index contributed by atoms with van der Waals surface area (Å²) in [6.07, 6.45) is 6.75. The van der Waals surface area contributed by atoms with E-state index < -0.39 is 0 Å². The lowest BCUT2D eigenvalue weighted by Gasteiger charge is -1.99. The van der Waals surface area contributed by atoms with E-state index in [9.17, 15) is 0 Å². The fraction of sp³-hybridized carbons (Fsp3) is 0.300. The zero-order valence-corrected chi connectivity index (χ0v) is 9.71. The van der Waals surface area contributed by atoms with Crippen LogP contribution in [0, 0.1) is 0 Å². The van der Waals surface area contributed by atoms with E-state index in [-0.39, 0.29) is 0 Å². The van der Waals surface area contributed by atoms with E-state index in [0.717, 1.165) is 23.0 Å². The second-order valence-corrected chi connectivity index (χ2v) is 3.84. The molecule has 1 heterocycles. The summed E-state index contributed by atoms with van der Waals surface area (Å²) in [5, 5.41) is 3.07. The van der Waals surface area contributed by atoms with Gasteiger partial charge in [0.2, 0.25) is 0 Å². The Morgan fingerprint density at radius 1 is 1.64 bits per heavy atom. The first-order chi connectivity index (χ1) is 6.74. The molecule has 1 aromatic rings. The van der Waals surface area contributed by atoms with E-state index in [2.05, 4.69) is 32.3 Å². The van der Waals surface area contributed by atoms with Crippen LogP contribution in [0.25, 0.3) is 6.08 Å². The van der Waals surface area contributed by atoms with Crippen molar-refractivity contribution < 1.29 is 0 Å². The number of anilines is 1. The van der Waals surface area contributed by atoms with Gasteiger partial charge in [-0.2, -0.15) is 0 Å². The highest BCUT2D eigenvalue weighted by Crippen LogP contribution is 2.16. The Bertz CT molecular complexity index is 323. The Hall–Kier alpha value is -0.870. The molecular formula is C10H14BrN3. The second-order valence-electron chi connectivity index (χ2n) is 2.92. The minimum Gasteiger partial charge on any atom is -0.383 e. The Morgan fingerprint density at radius 2 is 2.43 bits per heavy atom. The van der Waals surface area contributed by atoms with Crippen LogP contribution in [-0.4, -0.2) is 18.6 Å². The van der Waals surface area contributed by atoms with Crippen molar-refractivity contribution in [3.8, 4) is 0 Å². The lowest BCUT2D eigenvalue weighted by Crippen LogP contribution is -2.05. The topological polar surface area (TPSA) is 50.9 Å². The maximum absolute atomic E-state index is 5.71. The Morgan fingerprint density at radius 3 is 3.14 bits per heavy atom. The number of nitrogens with zero attached hydrogens (tertiary/aromatic N) is 1. The maximum Gasteiger partial charge on any atom is 0.130 e. The highest BCUT2D eigenvalue weighted by molar-refractivity contribution is 9.10. The summed E-state index contributed by atoms with van der Waals surface area (Å²) >= 11 is 3.35. The van der Waals surface area contributed by atoms with Crippen LogP contribution in [0.3, 0.4) is 0 Å². The fourth-order valence-electron chi connectivity index (χ4n) is 1.04. The van der Waals surface area contributed by atoms with Crippen molar-refractivity contribution in [2.75, 3.05) is 19.3 Å². The summed E-state index contributed by atoms with van der Waals surface area (Å²) in [5.41, 5.74) is 6.66. The standard InChI is InChI=1S/C10H14BrN3/c1-13-5-3-2-4-8-6-9(11)7-14-10(8)12/h2,4,6-7,13H,3,5H2,1H3,(H2,12,14). The minimum atomic E-state index is 0.564. The molecule has 1 aromatic heterocycles. The number of halogens is 1. The van der Waals surface area contributed by atoms with Crippen LogP contribution in [0.5, 0.6) is 0 Å². The van der Waals surface area contributed by atoms with Crippen LogP contribution < -0.4 is 11.1 Å². The summed E-state index contributed by atoms with van der Waals surface area (Å²) in [7, 11) is 1.93. The summed E-state index contributed by atoms with van der Waals surface area (Å²) in [6, 6.07) is 1.96. The van der Waals surface area contributed by atoms with Gasteiger partial charge in [0, 0.05) is 16.2 Å². The zero-order valence-electron chi connectivity index (χ0n) is 8.13. The van der Waals surface area contributed by atoms with Gasteiger partial charge in [0.25, 0.3) is 0 Å². The van der Waals surface area contributed by atoms with Crippen molar-refractivity contribution in [3.05, 3.63) is 28.4 Å². The van der Waals surface area contributed by atoms with E-state index in [1.165, 1.54) is 0 Å². The van der Waals surface area contributed by atoms with Crippen molar-refractivity contribution in [1.82, 2.24) is 10.3 Å². The molecule has 0 aliphatic rings. The number of hydrogen-bond acceptors (Lipinski definition) is 3. The molecule has 0 spiro atoms. The monoisotopic (exact) mass is 255 g/mol. The van der Waals surface area contributed by atoms with Gasteiger partial charge in [0.05, 0.1) is 0 Å². The number of nitrogens with two attached hydrogens (primary N) is 1. The molecule has 0 saturated carbocycles. The Kier molecular flexibility index (Phi) is 4.62. The SMILES string of the molecule is CNCCC=Cc1cc(Br)cnc1N. The fourth-order valence-corrected chi connectivity index (χ4v) is 1.39. The van der Waals surface area contributed by atoms with E-state index in [1.54, 1.807) is 6.20 Å². The molecule has 3 N–H and O–H groups in total. The van der Waals surface area contributed by atoms with E-state index >= 15 is 0 Å². The van der Waals surface area contributed by atoms with Crippen molar-refractivity contribution >= 4 is 27.8 Å². The molecular weight excluding hydrogens is 242 g/mol. The normalized spacial score (nSPS) is 11.0. The number of rotatable bonds is 4. The Balaban J connectivity index is 2.65. The average Bonchev–Trinajstić information content (AvgIpc) is 2.18. The highest BCUT2D eigenvalue weighted by Gasteiger charge is 1.96. The van der Waals surface area contributed by atoms with Gasteiger partial charge in [-0.05, 0) is 42.0 Å². The third-order valence-electron chi connectivity index (χ3n) is 1.77. The molecule has 0 aliphatic carbocycles. The number of pyridine rings is 1. The summed E-state index contributed by atoms with van der Waals surface area (Å²) in [5.74, 6) is 0.564. The summed E-state index contributed by atoms with van der Waals surface area (Å²) < 4.78 is 0.944. The van der Waals surface area contributed by atoms with Crippen LogP contribution >= 0.6 is 15.9 Å². The third kappa shape index (κ3) is 3.47. The largest absolute Gasteiger partial charge is 0.383 e. The van der Waals surface area contributed by atoms with Crippen LogP contribution in [0.4, 0.5) is 5.82 Å². The van der Waals surface area contributed by atoms with E-state index in [4.69, 9.17) is 5.73 Å². The summed E-state index contributed by atoms with van der Waals surface area (Å²) in [6.45, 7) is 0.970. The molecule has 4 heteroatoms. The van der Waals surface area contributed by atoms with Crippen molar-refractivity contribution in [1.29, 1.82) is 0 Å². The third-order valence-corrected chi connectivity index (χ3v) is 2.21. The van der Waals surface area contributed by atoms with E-state index in [1.807, 2.05) is 19.2 Å². The molecule has 3 nitrogen and oxygen atoms in total. The van der Waals surface area contributed by atoms with Gasteiger partial charge >= 0.3 is 0 Å². The molecule has 0 aromatic carbocycles. The van der Waals surface area contributed by atoms with Crippen LogP contribution in [-0.2, 0) is 0 Å². The number of hydrogen-bond donors (Lipinski definition) is 2. The van der Waals surface area contributed by atoms with Gasteiger partial charge in [0.15, 0.2) is 0 Å². The van der Waals surface area contributed by atoms with Gasteiger partial charge in [-0.25, -0.2) is 4.98 Å². The summed E-state index contributed by atoms with van der Waals surface area (Å²) in [4.78, 5) is 4.04. The van der Waals surface area contributed by atoms with Gasteiger partial charge in [-0.15, -0.1) is 0 Å². The highest BCUT2D eigenvalue weighted by atomic mass is 79.9. The molecule has 0 unspecified atom stereocenters. The van der Waals surface area contributed by atoms with Crippen LogP contribution in [0.1, 0.15) is 12.0 Å². The predicted molar refractivity (Wildman–Crippen MR) is 63.9 cm³/mol. The predicted octanol–water partition coefficient (Wildman–Crippen LogP) is 2.05. The zero-order chi connectivity index (χ0) is 10.4. The molecule has 0 fully saturated rings. The molecule has 0 atom stereocenters. The van der Waals surface area contributed by atoms with E-state index in [0.29, 0.717) is 5.82 Å². The smallest absolute Gasteiger partial charge is 0.130 e. The average molecular weight is 256 g/mol. The molecule has 14 heavy (non-hydrogen) atoms. The van der Waals surface area contributed by atoms with Gasteiger partial charge in [0.1, 0.15) is 5.82 Å². The lowest BCUT2D eigenvalue weighted by atomic mass is 10.2. The maximum atomic E-state index is 5.71. The van der Waals surface area contributed by atoms with Crippen LogP contribution in [0.15, 0.2) is 22.8 Å². The molecule has 1 rings (SSSR count). The first-order valence-electron chi connectivity index (χ1n) is 4.46. The second kappa shape index (κ2) is 5.78. The quantitative estimate of drug-likeness (QED) is 0.810. The first kappa shape index (κ1) is 11.2. The van der Waals surface area contributed by atoms with Gasteiger partial charge in [-0.3, -0.25) is 0 Å².